The molecule has 0 aromatic heterocycles. The van der Waals surface area contributed by atoms with Gasteiger partial charge in [0.05, 0.1) is 11.3 Å². The maximum Gasteiger partial charge on any atom is 0.313 e. The van der Waals surface area contributed by atoms with Crippen LogP contribution in [-0.2, 0) is 9.59 Å². The van der Waals surface area contributed by atoms with E-state index in [-0.39, 0.29) is 12.5 Å². The number of carbonyl (C=O) groups excluding carboxylic acids is 2. The molecular weight excluding hydrogens is 294 g/mol. The van der Waals surface area contributed by atoms with Crippen LogP contribution in [0.5, 0.6) is 0 Å². The number of rotatable bonds is 5. The zero-order chi connectivity index (χ0) is 16.9. The van der Waals surface area contributed by atoms with Crippen molar-refractivity contribution in [1.29, 1.82) is 0 Å². The predicted molar refractivity (Wildman–Crippen MR) is 78.1 cm³/mol. The van der Waals surface area contributed by atoms with E-state index in [4.69, 9.17) is 0 Å². The topological polar surface area (TPSA) is 78.4 Å². The maximum absolute atomic E-state index is 13.4. The highest BCUT2D eigenvalue weighted by molar-refractivity contribution is 6.39. The van der Waals surface area contributed by atoms with Crippen molar-refractivity contribution in [2.24, 2.45) is 5.92 Å². The highest BCUT2D eigenvalue weighted by atomic mass is 19.2. The zero-order valence-electron chi connectivity index (χ0n) is 12.7. The molecule has 2 atom stereocenters. The Morgan fingerprint density at radius 1 is 1.32 bits per heavy atom. The van der Waals surface area contributed by atoms with Crippen molar-refractivity contribution in [3.63, 3.8) is 0 Å². The lowest BCUT2D eigenvalue weighted by molar-refractivity contribution is -0.137. The smallest absolute Gasteiger partial charge is 0.313 e. The van der Waals surface area contributed by atoms with Gasteiger partial charge in [-0.05, 0) is 25.0 Å². The molecule has 5 nitrogen and oxygen atoms in total. The SMILES string of the molecule is CCC(C)C(C)(O)CNC(=O)C(=O)Nc1cccc(F)c1F. The number of hydrogen-bond donors (Lipinski definition) is 3. The predicted octanol–water partition coefficient (Wildman–Crippen LogP) is 1.82. The average Bonchev–Trinajstić information content (AvgIpc) is 2.48. The number of hydrogen-bond acceptors (Lipinski definition) is 3. The second kappa shape index (κ2) is 7.31. The quantitative estimate of drug-likeness (QED) is 0.725. The number of carbonyl (C=O) groups is 2. The first kappa shape index (κ1) is 18.0. The second-order valence-electron chi connectivity index (χ2n) is 5.40. The van der Waals surface area contributed by atoms with E-state index in [1.165, 1.54) is 6.07 Å². The first-order valence-corrected chi connectivity index (χ1v) is 6.94. The summed E-state index contributed by atoms with van der Waals surface area (Å²) in [6, 6.07) is 3.24. The minimum Gasteiger partial charge on any atom is -0.388 e. The number of nitrogens with one attached hydrogen (secondary N) is 2. The molecule has 0 fully saturated rings. The summed E-state index contributed by atoms with van der Waals surface area (Å²) in [5, 5.41) is 14.4. The van der Waals surface area contributed by atoms with Gasteiger partial charge in [-0.15, -0.1) is 0 Å². The molecular formula is C15H20F2N2O3. The highest BCUT2D eigenvalue weighted by Gasteiger charge is 2.28. The standard InChI is InChI=1S/C15H20F2N2O3/c1-4-9(2)15(3,22)8-18-13(20)14(21)19-11-7-5-6-10(16)12(11)17/h5-7,9,22H,4,8H2,1-3H3,(H,18,20)(H,19,21). The summed E-state index contributed by atoms with van der Waals surface area (Å²) in [4.78, 5) is 23.3. The summed E-state index contributed by atoms with van der Waals surface area (Å²) in [5.74, 6) is -4.62. The van der Waals surface area contributed by atoms with Crippen LogP contribution in [0.1, 0.15) is 27.2 Å². The van der Waals surface area contributed by atoms with E-state index in [0.717, 1.165) is 12.1 Å². The van der Waals surface area contributed by atoms with Crippen molar-refractivity contribution in [1.82, 2.24) is 5.32 Å². The third-order valence-corrected chi connectivity index (χ3v) is 3.69. The molecule has 2 amide bonds. The number of amides is 2. The molecule has 0 bridgehead atoms. The fourth-order valence-corrected chi connectivity index (χ4v) is 1.73. The van der Waals surface area contributed by atoms with E-state index in [2.05, 4.69) is 5.32 Å². The molecule has 0 saturated carbocycles. The van der Waals surface area contributed by atoms with Gasteiger partial charge in [0, 0.05) is 6.54 Å². The van der Waals surface area contributed by atoms with Crippen molar-refractivity contribution in [2.45, 2.75) is 32.8 Å². The van der Waals surface area contributed by atoms with Crippen molar-refractivity contribution in [3.05, 3.63) is 29.8 Å². The molecule has 0 radical (unpaired) electrons. The van der Waals surface area contributed by atoms with E-state index >= 15 is 0 Å². The number of halogens is 2. The molecule has 1 aromatic carbocycles. The van der Waals surface area contributed by atoms with Gasteiger partial charge < -0.3 is 15.7 Å². The van der Waals surface area contributed by atoms with E-state index in [9.17, 15) is 23.5 Å². The van der Waals surface area contributed by atoms with Crippen LogP contribution in [0, 0.1) is 17.6 Å². The third kappa shape index (κ3) is 4.49. The number of aliphatic hydroxyl groups is 1. The Kier molecular flexibility index (Phi) is 5.99. The average molecular weight is 314 g/mol. The van der Waals surface area contributed by atoms with Crippen molar-refractivity contribution in [3.8, 4) is 0 Å². The molecule has 7 heteroatoms. The molecule has 22 heavy (non-hydrogen) atoms. The summed E-state index contributed by atoms with van der Waals surface area (Å²) in [6.45, 7) is 5.13. The first-order valence-electron chi connectivity index (χ1n) is 6.94. The van der Waals surface area contributed by atoms with Gasteiger partial charge in [0.1, 0.15) is 0 Å². The minimum absolute atomic E-state index is 0.0866. The van der Waals surface area contributed by atoms with E-state index in [1.807, 2.05) is 19.2 Å². The molecule has 0 saturated heterocycles. The van der Waals surface area contributed by atoms with Crippen LogP contribution in [0.4, 0.5) is 14.5 Å². The highest BCUT2D eigenvalue weighted by Crippen LogP contribution is 2.19. The summed E-state index contributed by atoms with van der Waals surface area (Å²) >= 11 is 0. The van der Waals surface area contributed by atoms with Gasteiger partial charge in [0.25, 0.3) is 0 Å². The lowest BCUT2D eigenvalue weighted by Gasteiger charge is -2.29. The first-order chi connectivity index (χ1) is 10.2. The Labute approximate surface area is 127 Å². The molecule has 0 aliphatic carbocycles. The molecule has 0 aliphatic heterocycles. The largest absolute Gasteiger partial charge is 0.388 e. The minimum atomic E-state index is -1.24. The number of benzene rings is 1. The normalized spacial score (nSPS) is 14.8. The van der Waals surface area contributed by atoms with Crippen LogP contribution < -0.4 is 10.6 Å². The molecule has 1 aromatic rings. The summed E-state index contributed by atoms with van der Waals surface area (Å²) < 4.78 is 26.4. The van der Waals surface area contributed by atoms with Crippen LogP contribution in [0.3, 0.4) is 0 Å². The van der Waals surface area contributed by atoms with E-state index in [0.29, 0.717) is 6.42 Å². The van der Waals surface area contributed by atoms with Crippen molar-refractivity contribution < 1.29 is 23.5 Å². The van der Waals surface area contributed by atoms with Crippen molar-refractivity contribution >= 4 is 17.5 Å². The van der Waals surface area contributed by atoms with Gasteiger partial charge >= 0.3 is 11.8 Å². The molecule has 2 unspecified atom stereocenters. The van der Waals surface area contributed by atoms with Crippen molar-refractivity contribution in [2.75, 3.05) is 11.9 Å². The van der Waals surface area contributed by atoms with Crippen LogP contribution in [0.15, 0.2) is 18.2 Å². The lowest BCUT2D eigenvalue weighted by atomic mass is 9.89. The van der Waals surface area contributed by atoms with Gasteiger partial charge in [0.2, 0.25) is 0 Å². The van der Waals surface area contributed by atoms with E-state index in [1.54, 1.807) is 6.92 Å². The van der Waals surface area contributed by atoms with Gasteiger partial charge in [0.15, 0.2) is 11.6 Å². The van der Waals surface area contributed by atoms with Gasteiger partial charge in [-0.25, -0.2) is 8.78 Å². The fraction of sp³-hybridized carbons (Fsp3) is 0.467. The second-order valence-corrected chi connectivity index (χ2v) is 5.40. The molecule has 3 N–H and O–H groups in total. The van der Waals surface area contributed by atoms with Gasteiger partial charge in [-0.3, -0.25) is 9.59 Å². The molecule has 122 valence electrons. The molecule has 0 spiro atoms. The van der Waals surface area contributed by atoms with Gasteiger partial charge in [-0.2, -0.15) is 0 Å². The number of anilines is 1. The Morgan fingerprint density at radius 3 is 2.55 bits per heavy atom. The third-order valence-electron chi connectivity index (χ3n) is 3.69. The fourth-order valence-electron chi connectivity index (χ4n) is 1.73. The summed E-state index contributed by atoms with van der Waals surface area (Å²) in [7, 11) is 0. The van der Waals surface area contributed by atoms with E-state index < -0.39 is 34.7 Å². The Balaban J connectivity index is 2.63. The van der Waals surface area contributed by atoms with Crippen LogP contribution in [0.25, 0.3) is 0 Å². The Hall–Kier alpha value is -2.02. The lowest BCUT2D eigenvalue weighted by Crippen LogP contribution is -2.47. The summed E-state index contributed by atoms with van der Waals surface area (Å²) in [6.07, 6.45) is 0.698. The zero-order valence-corrected chi connectivity index (χ0v) is 12.7. The maximum atomic E-state index is 13.4. The molecule has 0 aliphatic rings. The molecule has 1 rings (SSSR count). The summed E-state index contributed by atoms with van der Waals surface area (Å²) in [5.41, 5.74) is -1.59. The Morgan fingerprint density at radius 2 is 1.95 bits per heavy atom. The van der Waals surface area contributed by atoms with Crippen LogP contribution in [-0.4, -0.2) is 29.1 Å². The Bertz CT molecular complexity index is 562. The van der Waals surface area contributed by atoms with Crippen LogP contribution >= 0.6 is 0 Å². The van der Waals surface area contributed by atoms with Crippen LogP contribution in [0.2, 0.25) is 0 Å². The monoisotopic (exact) mass is 314 g/mol. The molecule has 0 heterocycles. The van der Waals surface area contributed by atoms with Gasteiger partial charge in [-0.1, -0.05) is 26.3 Å².